The molecule has 2 aliphatic rings. The maximum absolute atomic E-state index is 13.0. The normalized spacial score (nSPS) is 20.6. The zero-order valence-electron chi connectivity index (χ0n) is 14.7. The van der Waals surface area contributed by atoms with Gasteiger partial charge in [0.25, 0.3) is 5.91 Å². The molecule has 0 radical (unpaired) electrons. The lowest BCUT2D eigenvalue weighted by Gasteiger charge is -2.30. The van der Waals surface area contributed by atoms with Crippen molar-refractivity contribution >= 4 is 29.3 Å². The van der Waals surface area contributed by atoms with E-state index in [4.69, 9.17) is 17.0 Å². The van der Waals surface area contributed by atoms with Gasteiger partial charge in [-0.2, -0.15) is 0 Å². The van der Waals surface area contributed by atoms with Gasteiger partial charge < -0.3 is 14.7 Å². The van der Waals surface area contributed by atoms with Gasteiger partial charge in [0.05, 0.1) is 6.61 Å². The summed E-state index contributed by atoms with van der Waals surface area (Å²) in [6.45, 7) is 2.32. The lowest BCUT2D eigenvalue weighted by atomic mass is 9.94. The molecule has 1 aromatic carbocycles. The number of rotatable bonds is 4. The average Bonchev–Trinajstić information content (AvgIpc) is 2.82. The molecule has 0 aromatic heterocycles. The monoisotopic (exact) mass is 360 g/mol. The lowest BCUT2D eigenvalue weighted by Crippen LogP contribution is -2.41. The Balaban J connectivity index is 1.92. The molecule has 134 valence electrons. The molecule has 0 spiro atoms. The minimum Gasteiger partial charge on any atom is -0.504 e. The van der Waals surface area contributed by atoms with Crippen LogP contribution in [0.4, 0.5) is 0 Å². The van der Waals surface area contributed by atoms with Gasteiger partial charge in [-0.3, -0.25) is 9.69 Å². The van der Waals surface area contributed by atoms with E-state index in [0.29, 0.717) is 28.7 Å². The van der Waals surface area contributed by atoms with Gasteiger partial charge in [0.2, 0.25) is 0 Å². The summed E-state index contributed by atoms with van der Waals surface area (Å²) in [7, 11) is 1.80. The molecule has 0 unspecified atom stereocenters. The van der Waals surface area contributed by atoms with Crippen LogP contribution in [0.3, 0.4) is 0 Å². The van der Waals surface area contributed by atoms with Crippen molar-refractivity contribution < 1.29 is 14.6 Å². The molecule has 1 N–H and O–H groups in total. The summed E-state index contributed by atoms with van der Waals surface area (Å²) < 4.78 is 5.42. The van der Waals surface area contributed by atoms with Crippen molar-refractivity contribution in [2.24, 2.45) is 0 Å². The summed E-state index contributed by atoms with van der Waals surface area (Å²) in [5.74, 6) is 0.373. The fraction of sp³-hybridized carbons (Fsp3) is 0.474. The highest BCUT2D eigenvalue weighted by Crippen LogP contribution is 2.34. The number of benzene rings is 1. The quantitative estimate of drug-likeness (QED) is 0.658. The first-order valence-corrected chi connectivity index (χ1v) is 9.23. The summed E-state index contributed by atoms with van der Waals surface area (Å²) in [6, 6.07) is 5.46. The van der Waals surface area contributed by atoms with Crippen LogP contribution >= 0.6 is 12.2 Å². The second-order valence-corrected chi connectivity index (χ2v) is 6.83. The van der Waals surface area contributed by atoms with E-state index in [1.165, 1.54) is 6.42 Å². The minimum atomic E-state index is -0.0828. The van der Waals surface area contributed by atoms with E-state index >= 15 is 0 Å². The SMILES string of the molecule is CCOc1cccc(C=C2C(=O)N(C3CCCCC3)C(=S)N2C)c1O. The first kappa shape index (κ1) is 17.7. The molecule has 1 saturated carbocycles. The molecule has 5 nitrogen and oxygen atoms in total. The summed E-state index contributed by atoms with van der Waals surface area (Å²) in [5.41, 5.74) is 1.04. The number of ether oxygens (including phenoxy) is 1. The third kappa shape index (κ3) is 3.35. The van der Waals surface area contributed by atoms with Crippen molar-refractivity contribution in [2.75, 3.05) is 13.7 Å². The molecule has 1 heterocycles. The number of aromatic hydroxyl groups is 1. The van der Waals surface area contributed by atoms with Crippen LogP contribution in [0.25, 0.3) is 6.08 Å². The van der Waals surface area contributed by atoms with Crippen LogP contribution in [0.15, 0.2) is 23.9 Å². The Morgan fingerprint density at radius 3 is 2.72 bits per heavy atom. The van der Waals surface area contributed by atoms with E-state index in [-0.39, 0.29) is 17.7 Å². The molecule has 3 rings (SSSR count). The predicted octanol–water partition coefficient (Wildman–Crippen LogP) is 3.52. The van der Waals surface area contributed by atoms with Gasteiger partial charge in [0.15, 0.2) is 16.6 Å². The smallest absolute Gasteiger partial charge is 0.277 e. The van der Waals surface area contributed by atoms with Crippen molar-refractivity contribution in [2.45, 2.75) is 45.1 Å². The molecular formula is C19H24N2O3S. The molecule has 6 heteroatoms. The maximum Gasteiger partial charge on any atom is 0.277 e. The van der Waals surface area contributed by atoms with Crippen molar-refractivity contribution in [1.29, 1.82) is 0 Å². The number of nitrogens with zero attached hydrogens (tertiary/aromatic N) is 2. The van der Waals surface area contributed by atoms with Crippen molar-refractivity contribution in [3.8, 4) is 11.5 Å². The third-order valence-electron chi connectivity index (χ3n) is 4.85. The molecule has 2 fully saturated rings. The molecule has 1 saturated heterocycles. The standard InChI is InChI=1S/C19H24N2O3S/c1-3-24-16-11-7-8-13(17(16)22)12-15-18(23)21(19(25)20(15)2)14-9-5-4-6-10-14/h7-8,11-12,14,22H,3-6,9-10H2,1-2H3. The number of phenols is 1. The van der Waals surface area contributed by atoms with Gasteiger partial charge in [-0.05, 0) is 44.1 Å². The zero-order valence-corrected chi connectivity index (χ0v) is 15.5. The van der Waals surface area contributed by atoms with Gasteiger partial charge in [0.1, 0.15) is 5.70 Å². The van der Waals surface area contributed by atoms with Crippen LogP contribution in [-0.4, -0.2) is 45.6 Å². The van der Waals surface area contributed by atoms with Gasteiger partial charge >= 0.3 is 0 Å². The Morgan fingerprint density at radius 1 is 1.32 bits per heavy atom. The number of hydrogen-bond donors (Lipinski definition) is 1. The Labute approximate surface area is 153 Å². The van der Waals surface area contributed by atoms with Crippen molar-refractivity contribution in [3.05, 3.63) is 29.5 Å². The lowest BCUT2D eigenvalue weighted by molar-refractivity contribution is -0.124. The fourth-order valence-corrected chi connectivity index (χ4v) is 3.84. The molecule has 1 amide bonds. The van der Waals surface area contributed by atoms with E-state index in [9.17, 15) is 9.90 Å². The zero-order chi connectivity index (χ0) is 18.0. The molecular weight excluding hydrogens is 336 g/mol. The van der Waals surface area contributed by atoms with Gasteiger partial charge in [-0.1, -0.05) is 31.4 Å². The molecule has 0 atom stereocenters. The highest BCUT2D eigenvalue weighted by atomic mass is 32.1. The number of hydrogen-bond acceptors (Lipinski definition) is 4. The van der Waals surface area contributed by atoms with E-state index in [0.717, 1.165) is 25.7 Å². The number of thiocarbonyl (C=S) groups is 1. The third-order valence-corrected chi connectivity index (χ3v) is 5.32. The van der Waals surface area contributed by atoms with E-state index < -0.39 is 0 Å². The fourth-order valence-electron chi connectivity index (χ4n) is 3.51. The summed E-state index contributed by atoms with van der Waals surface area (Å²) in [5, 5.41) is 10.9. The minimum absolute atomic E-state index is 0.0417. The number of likely N-dealkylation sites (N-methyl/N-ethyl adjacent to an activating group) is 1. The molecule has 1 aliphatic heterocycles. The topological polar surface area (TPSA) is 53.0 Å². The number of amides is 1. The number of phenolic OH excluding ortho intramolecular Hbond substituents is 1. The Hall–Kier alpha value is -2.08. The van der Waals surface area contributed by atoms with E-state index in [1.807, 2.05) is 6.92 Å². The molecule has 0 bridgehead atoms. The Bertz CT molecular complexity index is 711. The van der Waals surface area contributed by atoms with Crippen molar-refractivity contribution in [3.63, 3.8) is 0 Å². The summed E-state index contributed by atoms with van der Waals surface area (Å²) in [4.78, 5) is 16.5. The molecule has 1 aliphatic carbocycles. The first-order chi connectivity index (χ1) is 12.0. The summed E-state index contributed by atoms with van der Waals surface area (Å²) >= 11 is 5.52. The maximum atomic E-state index is 13.0. The Kier molecular flexibility index (Phi) is 5.27. The first-order valence-electron chi connectivity index (χ1n) is 8.82. The number of carbonyl (C=O) groups is 1. The van der Waals surface area contributed by atoms with Crippen LogP contribution in [0.5, 0.6) is 11.5 Å². The second kappa shape index (κ2) is 7.44. The molecule has 25 heavy (non-hydrogen) atoms. The largest absolute Gasteiger partial charge is 0.504 e. The Morgan fingerprint density at radius 2 is 2.04 bits per heavy atom. The van der Waals surface area contributed by atoms with Crippen LogP contribution in [0.1, 0.15) is 44.6 Å². The van der Waals surface area contributed by atoms with Crippen LogP contribution in [0, 0.1) is 0 Å². The number of para-hydroxylation sites is 1. The summed E-state index contributed by atoms with van der Waals surface area (Å²) in [6.07, 6.45) is 7.18. The second-order valence-electron chi connectivity index (χ2n) is 6.47. The van der Waals surface area contributed by atoms with Crippen molar-refractivity contribution in [1.82, 2.24) is 9.80 Å². The van der Waals surface area contributed by atoms with Gasteiger partial charge in [-0.15, -0.1) is 0 Å². The highest BCUT2D eigenvalue weighted by Gasteiger charge is 2.40. The predicted molar refractivity (Wildman–Crippen MR) is 101 cm³/mol. The highest BCUT2D eigenvalue weighted by molar-refractivity contribution is 7.80. The van der Waals surface area contributed by atoms with Crippen LogP contribution < -0.4 is 4.74 Å². The average molecular weight is 360 g/mol. The van der Waals surface area contributed by atoms with Gasteiger partial charge in [0, 0.05) is 18.7 Å². The van der Waals surface area contributed by atoms with E-state index in [2.05, 4.69) is 0 Å². The van der Waals surface area contributed by atoms with Gasteiger partial charge in [-0.25, -0.2) is 0 Å². The number of carbonyl (C=O) groups excluding carboxylic acids is 1. The van der Waals surface area contributed by atoms with Crippen LogP contribution in [-0.2, 0) is 4.79 Å². The molecule has 1 aromatic rings. The van der Waals surface area contributed by atoms with E-state index in [1.54, 1.807) is 41.1 Å². The van der Waals surface area contributed by atoms with Crippen LogP contribution in [0.2, 0.25) is 0 Å².